The first kappa shape index (κ1) is 26.6. The van der Waals surface area contributed by atoms with Crippen molar-refractivity contribution in [1.29, 1.82) is 0 Å². The molecular formula is C27H29N3O5S2. The second-order valence-corrected chi connectivity index (χ2v) is 11.1. The summed E-state index contributed by atoms with van der Waals surface area (Å²) in [7, 11) is -2.27. The molecule has 0 bridgehead atoms. The average Bonchev–Trinajstić information content (AvgIpc) is 3.21. The molecule has 0 saturated carbocycles. The van der Waals surface area contributed by atoms with Crippen LogP contribution in [-0.2, 0) is 21.3 Å². The van der Waals surface area contributed by atoms with E-state index >= 15 is 0 Å². The maximum atomic E-state index is 13.0. The van der Waals surface area contributed by atoms with E-state index in [4.69, 9.17) is 9.47 Å². The number of thiazole rings is 1. The molecule has 4 aromatic rings. The number of hydrogen-bond donors (Lipinski definition) is 1. The number of hydrogen-bond acceptors (Lipinski definition) is 6. The van der Waals surface area contributed by atoms with E-state index in [1.54, 1.807) is 36.4 Å². The number of methoxy groups -OCH3 is 1. The van der Waals surface area contributed by atoms with Gasteiger partial charge < -0.3 is 14.0 Å². The molecule has 10 heteroatoms. The number of amides is 1. The first-order chi connectivity index (χ1) is 17.7. The van der Waals surface area contributed by atoms with Gasteiger partial charge in [-0.1, -0.05) is 17.4 Å². The summed E-state index contributed by atoms with van der Waals surface area (Å²) in [4.78, 5) is 18.2. The lowest BCUT2D eigenvalue weighted by Crippen LogP contribution is -2.19. The van der Waals surface area contributed by atoms with Gasteiger partial charge in [-0.2, -0.15) is 4.99 Å². The van der Waals surface area contributed by atoms with Crippen molar-refractivity contribution < 1.29 is 22.7 Å². The van der Waals surface area contributed by atoms with E-state index < -0.39 is 15.9 Å². The number of ether oxygens (including phenoxy) is 2. The normalized spacial score (nSPS) is 12.2. The molecule has 1 aromatic heterocycles. The molecule has 0 fully saturated rings. The van der Waals surface area contributed by atoms with Crippen molar-refractivity contribution >= 4 is 43.2 Å². The van der Waals surface area contributed by atoms with Crippen LogP contribution in [0.1, 0.15) is 28.4 Å². The van der Waals surface area contributed by atoms with Crippen LogP contribution < -0.4 is 14.3 Å². The van der Waals surface area contributed by atoms with E-state index in [1.807, 2.05) is 18.4 Å². The van der Waals surface area contributed by atoms with Crippen molar-refractivity contribution in [2.75, 3.05) is 25.0 Å². The fraction of sp³-hybridized carbons (Fsp3) is 0.259. The number of fused-ring (bicyclic) bond motifs is 1. The first-order valence-corrected chi connectivity index (χ1v) is 14.1. The standard InChI is InChI=1S/C27H29N3O5S2/c1-5-35-15-14-30-24-17-18(2)16-19(3)25(24)36-27(30)28-26(31)20-6-8-21(9-7-20)29-37(32,33)23-12-10-22(34-4)11-13-23/h6-13,16-17,29H,5,14-15H2,1-4H3. The third-order valence-electron chi connectivity index (χ3n) is 5.73. The zero-order chi connectivity index (χ0) is 26.6. The van der Waals surface area contributed by atoms with Crippen LogP contribution in [0.2, 0.25) is 0 Å². The highest BCUT2D eigenvalue weighted by atomic mass is 32.2. The van der Waals surface area contributed by atoms with Crippen LogP contribution in [0.3, 0.4) is 0 Å². The molecule has 0 atom stereocenters. The molecule has 0 unspecified atom stereocenters. The van der Waals surface area contributed by atoms with E-state index in [0.717, 1.165) is 21.3 Å². The largest absolute Gasteiger partial charge is 0.497 e. The van der Waals surface area contributed by atoms with Gasteiger partial charge in [0.15, 0.2) is 4.80 Å². The van der Waals surface area contributed by atoms with Crippen LogP contribution in [0.4, 0.5) is 5.69 Å². The lowest BCUT2D eigenvalue weighted by Gasteiger charge is -2.09. The molecule has 1 N–H and O–H groups in total. The van der Waals surface area contributed by atoms with Crippen LogP contribution in [0.25, 0.3) is 10.2 Å². The van der Waals surface area contributed by atoms with Gasteiger partial charge in [-0.05, 0) is 86.5 Å². The van der Waals surface area contributed by atoms with Crippen LogP contribution in [0.5, 0.6) is 5.75 Å². The minimum Gasteiger partial charge on any atom is -0.497 e. The Labute approximate surface area is 220 Å². The van der Waals surface area contributed by atoms with E-state index in [0.29, 0.717) is 41.6 Å². The second-order valence-electron chi connectivity index (χ2n) is 8.44. The fourth-order valence-electron chi connectivity index (χ4n) is 3.92. The maximum Gasteiger partial charge on any atom is 0.279 e. The van der Waals surface area contributed by atoms with Crippen molar-refractivity contribution in [3.63, 3.8) is 0 Å². The van der Waals surface area contributed by atoms with E-state index in [1.165, 1.54) is 30.6 Å². The van der Waals surface area contributed by atoms with Gasteiger partial charge in [-0.3, -0.25) is 9.52 Å². The number of aryl methyl sites for hydroxylation is 2. The van der Waals surface area contributed by atoms with Crippen molar-refractivity contribution in [2.45, 2.75) is 32.2 Å². The number of anilines is 1. The molecule has 4 rings (SSSR count). The Hall–Kier alpha value is -3.47. The molecule has 0 aliphatic heterocycles. The Bertz CT molecular complexity index is 1590. The highest BCUT2D eigenvalue weighted by Crippen LogP contribution is 2.24. The van der Waals surface area contributed by atoms with Crippen LogP contribution in [-0.4, -0.2) is 39.2 Å². The van der Waals surface area contributed by atoms with Crippen molar-refractivity contribution in [3.05, 3.63) is 82.2 Å². The van der Waals surface area contributed by atoms with Crippen LogP contribution in [0, 0.1) is 13.8 Å². The second kappa shape index (κ2) is 11.3. The summed E-state index contributed by atoms with van der Waals surface area (Å²) in [6, 6.07) is 16.5. The predicted molar refractivity (Wildman–Crippen MR) is 146 cm³/mol. The molecule has 194 valence electrons. The summed E-state index contributed by atoms with van der Waals surface area (Å²) in [6.45, 7) is 7.75. The number of rotatable bonds is 9. The van der Waals surface area contributed by atoms with Crippen molar-refractivity contribution in [2.24, 2.45) is 4.99 Å². The van der Waals surface area contributed by atoms with E-state index in [2.05, 4.69) is 28.8 Å². The van der Waals surface area contributed by atoms with Gasteiger partial charge in [0.1, 0.15) is 5.75 Å². The molecule has 0 aliphatic rings. The maximum absolute atomic E-state index is 13.0. The number of sulfonamides is 1. The molecule has 1 amide bonds. The van der Waals surface area contributed by atoms with Gasteiger partial charge >= 0.3 is 0 Å². The van der Waals surface area contributed by atoms with Gasteiger partial charge in [-0.15, -0.1) is 0 Å². The topological polar surface area (TPSA) is 99.0 Å². The lowest BCUT2D eigenvalue weighted by molar-refractivity contribution is 0.0996. The number of carbonyl (C=O) groups excluding carboxylic acids is 1. The SMILES string of the molecule is CCOCCn1c(=NC(=O)c2ccc(NS(=O)(=O)c3ccc(OC)cc3)cc2)sc2c(C)cc(C)cc21. The highest BCUT2D eigenvalue weighted by Gasteiger charge is 2.15. The molecule has 3 aromatic carbocycles. The van der Waals surface area contributed by atoms with Gasteiger partial charge in [0.05, 0.1) is 28.8 Å². The quantitative estimate of drug-likeness (QED) is 0.305. The predicted octanol–water partition coefficient (Wildman–Crippen LogP) is 4.91. The van der Waals surface area contributed by atoms with E-state index in [-0.39, 0.29) is 4.90 Å². The van der Waals surface area contributed by atoms with Crippen molar-refractivity contribution in [3.8, 4) is 5.75 Å². The Morgan fingerprint density at radius 1 is 1.05 bits per heavy atom. The van der Waals surface area contributed by atoms with Gasteiger partial charge in [-0.25, -0.2) is 8.42 Å². The zero-order valence-electron chi connectivity index (χ0n) is 21.1. The van der Waals surface area contributed by atoms with Crippen LogP contribution in [0.15, 0.2) is 70.6 Å². The van der Waals surface area contributed by atoms with Crippen LogP contribution >= 0.6 is 11.3 Å². The molecule has 1 heterocycles. The number of carbonyl (C=O) groups is 1. The third kappa shape index (κ3) is 6.10. The number of nitrogens with one attached hydrogen (secondary N) is 1. The lowest BCUT2D eigenvalue weighted by atomic mass is 10.1. The monoisotopic (exact) mass is 539 g/mol. The average molecular weight is 540 g/mol. The summed E-state index contributed by atoms with van der Waals surface area (Å²) in [5.74, 6) is 0.157. The van der Waals surface area contributed by atoms with Gasteiger partial charge in [0.2, 0.25) is 0 Å². The molecule has 0 spiro atoms. The van der Waals surface area contributed by atoms with Gasteiger partial charge in [0, 0.05) is 24.4 Å². The summed E-state index contributed by atoms with van der Waals surface area (Å²) in [5.41, 5.74) is 3.99. The summed E-state index contributed by atoms with van der Waals surface area (Å²) >= 11 is 1.47. The summed E-state index contributed by atoms with van der Waals surface area (Å²) in [5, 5.41) is 0. The zero-order valence-corrected chi connectivity index (χ0v) is 22.8. The minimum atomic E-state index is -3.79. The molecule has 0 saturated heterocycles. The Morgan fingerprint density at radius 2 is 1.76 bits per heavy atom. The Morgan fingerprint density at radius 3 is 2.41 bits per heavy atom. The number of aromatic nitrogens is 1. The molecule has 8 nitrogen and oxygen atoms in total. The molecule has 37 heavy (non-hydrogen) atoms. The van der Waals surface area contributed by atoms with Gasteiger partial charge in [0.25, 0.3) is 15.9 Å². The Kier molecular flexibility index (Phi) is 8.11. The highest BCUT2D eigenvalue weighted by molar-refractivity contribution is 7.92. The summed E-state index contributed by atoms with van der Waals surface area (Å²) in [6.07, 6.45) is 0. The minimum absolute atomic E-state index is 0.107. The smallest absolute Gasteiger partial charge is 0.279 e. The third-order valence-corrected chi connectivity index (χ3v) is 8.36. The van der Waals surface area contributed by atoms with E-state index in [9.17, 15) is 13.2 Å². The molecular weight excluding hydrogens is 510 g/mol. The summed E-state index contributed by atoms with van der Waals surface area (Å²) < 4.78 is 41.6. The fourth-order valence-corrected chi connectivity index (χ4v) is 6.08. The number of nitrogens with zero attached hydrogens (tertiary/aromatic N) is 2. The molecule has 0 aliphatic carbocycles. The molecule has 0 radical (unpaired) electrons. The number of benzene rings is 3. The Balaban J connectivity index is 1.60. The first-order valence-electron chi connectivity index (χ1n) is 11.8. The van der Waals surface area contributed by atoms with Crippen molar-refractivity contribution in [1.82, 2.24) is 4.57 Å².